The van der Waals surface area contributed by atoms with E-state index in [1.165, 1.54) is 5.56 Å². The minimum absolute atomic E-state index is 0.0513. The summed E-state index contributed by atoms with van der Waals surface area (Å²) in [6, 6.07) is 18.4. The molecule has 17 heavy (non-hydrogen) atoms. The fourth-order valence-corrected chi connectivity index (χ4v) is 1.62. The lowest BCUT2D eigenvalue weighted by atomic mass is 10.1. The Kier molecular flexibility index (Phi) is 3.78. The number of ether oxygens (including phenoxy) is 1. The van der Waals surface area contributed by atoms with Gasteiger partial charge in [0.15, 0.2) is 0 Å². The molecule has 1 unspecified atom stereocenters. The highest BCUT2D eigenvalue weighted by molar-refractivity contribution is 5.64. The molecule has 0 aliphatic carbocycles. The first kappa shape index (κ1) is 11.7. The molecule has 0 amide bonds. The Morgan fingerprint density at radius 2 is 1.71 bits per heavy atom. The average Bonchev–Trinajstić information content (AvgIpc) is 2.38. The van der Waals surface area contributed by atoms with Crippen LogP contribution in [0.1, 0.15) is 6.92 Å². The van der Waals surface area contributed by atoms with Crippen molar-refractivity contribution in [3.8, 4) is 16.9 Å². The van der Waals surface area contributed by atoms with Gasteiger partial charge in [-0.05, 0) is 30.2 Å². The zero-order valence-corrected chi connectivity index (χ0v) is 9.97. The summed E-state index contributed by atoms with van der Waals surface area (Å²) in [5.74, 6) is 0.864. The van der Waals surface area contributed by atoms with Gasteiger partial charge in [0.2, 0.25) is 0 Å². The maximum Gasteiger partial charge on any atom is 0.119 e. The van der Waals surface area contributed by atoms with Crippen molar-refractivity contribution in [1.29, 1.82) is 0 Å². The van der Waals surface area contributed by atoms with E-state index in [4.69, 9.17) is 10.5 Å². The summed E-state index contributed by atoms with van der Waals surface area (Å²) in [5, 5.41) is 0. The van der Waals surface area contributed by atoms with Crippen molar-refractivity contribution in [2.45, 2.75) is 13.0 Å². The van der Waals surface area contributed by atoms with Crippen LogP contribution in [0.3, 0.4) is 0 Å². The summed E-state index contributed by atoms with van der Waals surface area (Å²) in [5.41, 5.74) is 8.02. The van der Waals surface area contributed by atoms with Crippen molar-refractivity contribution in [1.82, 2.24) is 0 Å². The molecule has 0 aliphatic rings. The molecule has 0 bridgehead atoms. The number of rotatable bonds is 4. The van der Waals surface area contributed by atoms with Crippen LogP contribution in [0.5, 0.6) is 5.75 Å². The highest BCUT2D eigenvalue weighted by Gasteiger charge is 2.00. The summed E-state index contributed by atoms with van der Waals surface area (Å²) < 4.78 is 5.60. The molecule has 2 rings (SSSR count). The topological polar surface area (TPSA) is 35.2 Å². The van der Waals surface area contributed by atoms with Crippen LogP contribution < -0.4 is 10.5 Å². The van der Waals surface area contributed by atoms with E-state index in [9.17, 15) is 0 Å². The van der Waals surface area contributed by atoms with E-state index >= 15 is 0 Å². The summed E-state index contributed by atoms with van der Waals surface area (Å²) in [7, 11) is 0. The monoisotopic (exact) mass is 227 g/mol. The molecule has 0 radical (unpaired) electrons. The lowest BCUT2D eigenvalue weighted by Gasteiger charge is -2.10. The third kappa shape index (κ3) is 3.33. The van der Waals surface area contributed by atoms with Gasteiger partial charge in [-0.15, -0.1) is 0 Å². The highest BCUT2D eigenvalue weighted by atomic mass is 16.5. The second-order valence-electron chi connectivity index (χ2n) is 4.18. The predicted octanol–water partition coefficient (Wildman–Crippen LogP) is 3.08. The fraction of sp³-hybridized carbons (Fsp3) is 0.200. The zero-order chi connectivity index (χ0) is 12.1. The van der Waals surface area contributed by atoms with Gasteiger partial charge >= 0.3 is 0 Å². The third-order valence-electron chi connectivity index (χ3n) is 2.45. The fourth-order valence-electron chi connectivity index (χ4n) is 1.62. The lowest BCUT2D eigenvalue weighted by Crippen LogP contribution is -2.23. The lowest BCUT2D eigenvalue weighted by molar-refractivity contribution is 0.296. The summed E-state index contributed by atoms with van der Waals surface area (Å²) in [4.78, 5) is 0. The van der Waals surface area contributed by atoms with Crippen molar-refractivity contribution in [3.63, 3.8) is 0 Å². The molecule has 0 saturated heterocycles. The van der Waals surface area contributed by atoms with Crippen LogP contribution in [0.25, 0.3) is 11.1 Å². The second kappa shape index (κ2) is 5.51. The maximum atomic E-state index is 5.66. The molecule has 0 spiro atoms. The van der Waals surface area contributed by atoms with E-state index in [0.717, 1.165) is 11.3 Å². The normalized spacial score (nSPS) is 12.1. The van der Waals surface area contributed by atoms with Gasteiger partial charge in [0.05, 0.1) is 0 Å². The van der Waals surface area contributed by atoms with Crippen LogP contribution in [-0.4, -0.2) is 12.6 Å². The Morgan fingerprint density at radius 1 is 1.00 bits per heavy atom. The third-order valence-corrected chi connectivity index (χ3v) is 2.45. The molecule has 0 heterocycles. The van der Waals surface area contributed by atoms with Gasteiger partial charge in [0.1, 0.15) is 12.4 Å². The van der Waals surface area contributed by atoms with Crippen LogP contribution >= 0.6 is 0 Å². The van der Waals surface area contributed by atoms with Gasteiger partial charge in [0.25, 0.3) is 0 Å². The van der Waals surface area contributed by atoms with Crippen LogP contribution in [0.2, 0.25) is 0 Å². The molecular weight excluding hydrogens is 210 g/mol. The molecule has 2 heteroatoms. The SMILES string of the molecule is CC(N)COc1cccc(-c2ccccc2)c1. The number of nitrogens with two attached hydrogens (primary N) is 1. The highest BCUT2D eigenvalue weighted by Crippen LogP contribution is 2.23. The quantitative estimate of drug-likeness (QED) is 0.871. The van der Waals surface area contributed by atoms with Gasteiger partial charge in [-0.3, -0.25) is 0 Å². The molecule has 0 fully saturated rings. The largest absolute Gasteiger partial charge is 0.492 e. The molecular formula is C15H17NO. The van der Waals surface area contributed by atoms with Gasteiger partial charge in [0, 0.05) is 6.04 Å². The standard InChI is InChI=1S/C15H17NO/c1-12(16)11-17-15-9-5-8-14(10-15)13-6-3-2-4-7-13/h2-10,12H,11,16H2,1H3. The van der Waals surface area contributed by atoms with Crippen molar-refractivity contribution >= 4 is 0 Å². The van der Waals surface area contributed by atoms with Gasteiger partial charge in [-0.2, -0.15) is 0 Å². The number of benzene rings is 2. The first-order valence-electron chi connectivity index (χ1n) is 5.79. The number of hydrogen-bond donors (Lipinski definition) is 1. The Hall–Kier alpha value is -1.80. The zero-order valence-electron chi connectivity index (χ0n) is 9.97. The summed E-state index contributed by atoms with van der Waals surface area (Å²) in [6.07, 6.45) is 0. The minimum atomic E-state index is 0.0513. The Labute approximate surface area is 102 Å². The van der Waals surface area contributed by atoms with Crippen molar-refractivity contribution < 1.29 is 4.74 Å². The second-order valence-corrected chi connectivity index (χ2v) is 4.18. The molecule has 1 atom stereocenters. The van der Waals surface area contributed by atoms with Crippen LogP contribution in [0, 0.1) is 0 Å². The molecule has 0 aromatic heterocycles. The molecule has 2 N–H and O–H groups in total. The Balaban J connectivity index is 2.17. The van der Waals surface area contributed by atoms with E-state index in [0.29, 0.717) is 6.61 Å². The van der Waals surface area contributed by atoms with Gasteiger partial charge in [-0.1, -0.05) is 42.5 Å². The first-order chi connectivity index (χ1) is 8.25. The van der Waals surface area contributed by atoms with E-state index < -0.39 is 0 Å². The van der Waals surface area contributed by atoms with Crippen molar-refractivity contribution in [3.05, 3.63) is 54.6 Å². The van der Waals surface area contributed by atoms with E-state index in [2.05, 4.69) is 18.2 Å². The van der Waals surface area contributed by atoms with Crippen LogP contribution in [0.15, 0.2) is 54.6 Å². The van der Waals surface area contributed by atoms with Gasteiger partial charge < -0.3 is 10.5 Å². The Morgan fingerprint density at radius 3 is 2.41 bits per heavy atom. The van der Waals surface area contributed by atoms with E-state index in [1.54, 1.807) is 0 Å². The van der Waals surface area contributed by atoms with Crippen LogP contribution in [0.4, 0.5) is 0 Å². The molecule has 2 aromatic rings. The average molecular weight is 227 g/mol. The van der Waals surface area contributed by atoms with E-state index in [1.807, 2.05) is 43.3 Å². The molecule has 2 aromatic carbocycles. The Bertz CT molecular complexity index is 465. The van der Waals surface area contributed by atoms with E-state index in [-0.39, 0.29) is 6.04 Å². The minimum Gasteiger partial charge on any atom is -0.492 e. The molecule has 88 valence electrons. The van der Waals surface area contributed by atoms with Crippen LogP contribution in [-0.2, 0) is 0 Å². The number of hydrogen-bond acceptors (Lipinski definition) is 2. The first-order valence-corrected chi connectivity index (χ1v) is 5.79. The maximum absolute atomic E-state index is 5.66. The molecule has 0 aliphatic heterocycles. The molecule has 2 nitrogen and oxygen atoms in total. The smallest absolute Gasteiger partial charge is 0.119 e. The predicted molar refractivity (Wildman–Crippen MR) is 71.0 cm³/mol. The molecule has 0 saturated carbocycles. The van der Waals surface area contributed by atoms with Crippen molar-refractivity contribution in [2.24, 2.45) is 5.73 Å². The summed E-state index contributed by atoms with van der Waals surface area (Å²) in [6.45, 7) is 2.47. The van der Waals surface area contributed by atoms with Gasteiger partial charge in [-0.25, -0.2) is 0 Å². The van der Waals surface area contributed by atoms with Crippen molar-refractivity contribution in [2.75, 3.05) is 6.61 Å². The summed E-state index contributed by atoms with van der Waals surface area (Å²) >= 11 is 0.